The highest BCUT2D eigenvalue weighted by molar-refractivity contribution is 7.11. The van der Waals surface area contributed by atoms with Gasteiger partial charge in [0.15, 0.2) is 0 Å². The highest BCUT2D eigenvalue weighted by atomic mass is 32.1. The molecule has 1 aliphatic heterocycles. The van der Waals surface area contributed by atoms with Crippen LogP contribution in [-0.4, -0.2) is 23.5 Å². The van der Waals surface area contributed by atoms with Crippen LogP contribution in [0, 0.1) is 6.92 Å². The van der Waals surface area contributed by atoms with Gasteiger partial charge in [0.25, 0.3) is 0 Å². The van der Waals surface area contributed by atoms with E-state index in [2.05, 4.69) is 15.6 Å². The summed E-state index contributed by atoms with van der Waals surface area (Å²) in [6.45, 7) is 3.52. The van der Waals surface area contributed by atoms with E-state index >= 15 is 0 Å². The third kappa shape index (κ3) is 2.76. The lowest BCUT2D eigenvalue weighted by Gasteiger charge is -2.09. The first-order valence-electron chi connectivity index (χ1n) is 5.18. The van der Waals surface area contributed by atoms with Gasteiger partial charge in [0.1, 0.15) is 0 Å². The molecule has 0 aliphatic carbocycles. The number of aromatic nitrogens is 1. The van der Waals surface area contributed by atoms with E-state index in [-0.39, 0.29) is 11.9 Å². The maximum Gasteiger partial charge on any atom is 0.237 e. The summed E-state index contributed by atoms with van der Waals surface area (Å²) in [6.07, 6.45) is 3.87. The summed E-state index contributed by atoms with van der Waals surface area (Å²) in [6, 6.07) is 0.0130. The topological polar surface area (TPSA) is 54.0 Å². The molecule has 0 aromatic carbocycles. The molecule has 0 bridgehead atoms. The fraction of sp³-hybridized carbons (Fsp3) is 0.600. The summed E-state index contributed by atoms with van der Waals surface area (Å²) in [4.78, 5) is 16.9. The number of hydrogen-bond acceptors (Lipinski definition) is 4. The zero-order valence-corrected chi connectivity index (χ0v) is 9.56. The standard InChI is InChI=1S/C10H15N3OS/c1-7-12-5-8(15-7)6-13-10(14)9-3-2-4-11-9/h5,9,11H,2-4,6H2,1H3,(H,13,14)/t9-/m1/s1. The minimum Gasteiger partial charge on any atom is -0.350 e. The van der Waals surface area contributed by atoms with E-state index in [0.717, 1.165) is 29.3 Å². The normalized spacial score (nSPS) is 20.5. The summed E-state index contributed by atoms with van der Waals surface area (Å²) in [5.74, 6) is 0.110. The second-order valence-corrected chi connectivity index (χ2v) is 5.03. The summed E-state index contributed by atoms with van der Waals surface area (Å²) < 4.78 is 0. The summed E-state index contributed by atoms with van der Waals surface area (Å²) in [5, 5.41) is 7.14. The fourth-order valence-electron chi connectivity index (χ4n) is 1.69. The minimum atomic E-state index is 0.0130. The molecule has 15 heavy (non-hydrogen) atoms. The smallest absolute Gasteiger partial charge is 0.237 e. The van der Waals surface area contributed by atoms with Crippen LogP contribution < -0.4 is 10.6 Å². The Labute approximate surface area is 93.1 Å². The van der Waals surface area contributed by atoms with Gasteiger partial charge in [0.2, 0.25) is 5.91 Å². The van der Waals surface area contributed by atoms with Gasteiger partial charge in [-0.25, -0.2) is 4.98 Å². The number of hydrogen-bond donors (Lipinski definition) is 2. The van der Waals surface area contributed by atoms with E-state index < -0.39 is 0 Å². The number of rotatable bonds is 3. The molecular formula is C10H15N3OS. The molecular weight excluding hydrogens is 210 g/mol. The molecule has 1 aromatic heterocycles. The van der Waals surface area contributed by atoms with E-state index in [9.17, 15) is 4.79 Å². The van der Waals surface area contributed by atoms with Crippen LogP contribution in [-0.2, 0) is 11.3 Å². The molecule has 1 amide bonds. The Morgan fingerprint density at radius 1 is 1.80 bits per heavy atom. The van der Waals surface area contributed by atoms with Crippen LogP contribution in [0.4, 0.5) is 0 Å². The Morgan fingerprint density at radius 2 is 2.67 bits per heavy atom. The molecule has 0 unspecified atom stereocenters. The van der Waals surface area contributed by atoms with E-state index in [1.807, 2.05) is 13.1 Å². The largest absolute Gasteiger partial charge is 0.350 e. The zero-order chi connectivity index (χ0) is 10.7. The van der Waals surface area contributed by atoms with Crippen LogP contribution in [0.25, 0.3) is 0 Å². The number of carbonyl (C=O) groups excluding carboxylic acids is 1. The second kappa shape index (κ2) is 4.72. The number of nitrogens with zero attached hydrogens (tertiary/aromatic N) is 1. The molecule has 0 radical (unpaired) electrons. The van der Waals surface area contributed by atoms with Gasteiger partial charge in [-0.1, -0.05) is 0 Å². The molecule has 2 N–H and O–H groups in total. The molecule has 0 saturated carbocycles. The first-order valence-corrected chi connectivity index (χ1v) is 6.00. The van der Waals surface area contributed by atoms with Crippen LogP contribution >= 0.6 is 11.3 Å². The molecule has 82 valence electrons. The van der Waals surface area contributed by atoms with Crippen molar-refractivity contribution >= 4 is 17.2 Å². The Hall–Kier alpha value is -0.940. The van der Waals surface area contributed by atoms with E-state index in [4.69, 9.17) is 0 Å². The van der Waals surface area contributed by atoms with E-state index in [1.165, 1.54) is 0 Å². The van der Waals surface area contributed by atoms with E-state index in [1.54, 1.807) is 11.3 Å². The molecule has 1 aromatic rings. The number of carbonyl (C=O) groups is 1. The van der Waals surface area contributed by atoms with Crippen molar-refractivity contribution in [1.82, 2.24) is 15.6 Å². The number of nitrogens with one attached hydrogen (secondary N) is 2. The van der Waals surface area contributed by atoms with Gasteiger partial charge in [0, 0.05) is 11.1 Å². The van der Waals surface area contributed by atoms with Gasteiger partial charge < -0.3 is 10.6 Å². The maximum absolute atomic E-state index is 11.6. The molecule has 1 aliphatic rings. The van der Waals surface area contributed by atoms with Crippen molar-refractivity contribution in [3.05, 3.63) is 16.1 Å². The zero-order valence-electron chi connectivity index (χ0n) is 8.75. The molecule has 2 rings (SSSR count). The van der Waals surface area contributed by atoms with Crippen molar-refractivity contribution in [3.63, 3.8) is 0 Å². The van der Waals surface area contributed by atoms with Crippen LogP contribution in [0.3, 0.4) is 0 Å². The van der Waals surface area contributed by atoms with Crippen molar-refractivity contribution in [2.75, 3.05) is 6.54 Å². The second-order valence-electron chi connectivity index (χ2n) is 3.71. The monoisotopic (exact) mass is 225 g/mol. The summed E-state index contributed by atoms with van der Waals surface area (Å²) in [7, 11) is 0. The van der Waals surface area contributed by atoms with Gasteiger partial charge in [-0.2, -0.15) is 0 Å². The quantitative estimate of drug-likeness (QED) is 0.801. The lowest BCUT2D eigenvalue weighted by molar-refractivity contribution is -0.122. The summed E-state index contributed by atoms with van der Waals surface area (Å²) >= 11 is 1.63. The van der Waals surface area contributed by atoms with E-state index in [0.29, 0.717) is 6.54 Å². The van der Waals surface area contributed by atoms with Crippen LogP contribution in [0.15, 0.2) is 6.20 Å². The third-order valence-corrected chi connectivity index (χ3v) is 3.40. The molecule has 1 saturated heterocycles. The van der Waals surface area contributed by atoms with Crippen molar-refractivity contribution in [2.45, 2.75) is 32.4 Å². The van der Waals surface area contributed by atoms with Crippen molar-refractivity contribution < 1.29 is 4.79 Å². The molecule has 2 heterocycles. The third-order valence-electron chi connectivity index (χ3n) is 2.48. The van der Waals surface area contributed by atoms with Gasteiger partial charge in [-0.3, -0.25) is 4.79 Å². The molecule has 0 spiro atoms. The van der Waals surface area contributed by atoms with Gasteiger partial charge >= 0.3 is 0 Å². The average Bonchev–Trinajstić information content (AvgIpc) is 2.84. The molecule has 1 atom stereocenters. The van der Waals surface area contributed by atoms with Crippen molar-refractivity contribution in [3.8, 4) is 0 Å². The highest BCUT2D eigenvalue weighted by Gasteiger charge is 2.21. The maximum atomic E-state index is 11.6. The SMILES string of the molecule is Cc1ncc(CNC(=O)[C@H]2CCCN2)s1. The Morgan fingerprint density at radius 3 is 3.27 bits per heavy atom. The number of thiazole rings is 1. The number of aryl methyl sites for hydroxylation is 1. The van der Waals surface area contributed by atoms with Crippen molar-refractivity contribution in [2.24, 2.45) is 0 Å². The van der Waals surface area contributed by atoms with Crippen LogP contribution in [0.5, 0.6) is 0 Å². The average molecular weight is 225 g/mol. The highest BCUT2D eigenvalue weighted by Crippen LogP contribution is 2.11. The lowest BCUT2D eigenvalue weighted by atomic mass is 10.2. The molecule has 1 fully saturated rings. The van der Waals surface area contributed by atoms with Gasteiger partial charge in [-0.15, -0.1) is 11.3 Å². The minimum absolute atomic E-state index is 0.0130. The fourth-order valence-corrected chi connectivity index (χ4v) is 2.43. The first kappa shape index (κ1) is 10.6. The lowest BCUT2D eigenvalue weighted by Crippen LogP contribution is -2.39. The van der Waals surface area contributed by atoms with Gasteiger partial charge in [0.05, 0.1) is 17.6 Å². The number of amides is 1. The van der Waals surface area contributed by atoms with Crippen molar-refractivity contribution in [1.29, 1.82) is 0 Å². The predicted molar refractivity (Wildman–Crippen MR) is 59.7 cm³/mol. The summed E-state index contributed by atoms with van der Waals surface area (Å²) in [5.41, 5.74) is 0. The Balaban J connectivity index is 1.80. The predicted octanol–water partition coefficient (Wildman–Crippen LogP) is 0.820. The van der Waals surface area contributed by atoms with Gasteiger partial charge in [-0.05, 0) is 26.3 Å². The first-order chi connectivity index (χ1) is 7.25. The Bertz CT molecular complexity index is 344. The molecule has 5 heteroatoms. The molecule has 4 nitrogen and oxygen atoms in total. The van der Waals surface area contributed by atoms with Crippen LogP contribution in [0.1, 0.15) is 22.7 Å². The Kier molecular flexibility index (Phi) is 3.33. The van der Waals surface area contributed by atoms with Crippen LogP contribution in [0.2, 0.25) is 0 Å².